The van der Waals surface area contributed by atoms with E-state index < -0.39 is 24.1 Å². The van der Waals surface area contributed by atoms with Gasteiger partial charge < -0.3 is 24.8 Å². The number of anilines is 1. The minimum Gasteiger partial charge on any atom is -0.450 e. The summed E-state index contributed by atoms with van der Waals surface area (Å²) in [6.45, 7) is 3.92. The van der Waals surface area contributed by atoms with Crippen molar-refractivity contribution in [3.63, 3.8) is 0 Å². The topological polar surface area (TPSA) is 114 Å². The van der Waals surface area contributed by atoms with E-state index in [9.17, 15) is 19.1 Å². The number of nitrogens with one attached hydrogen (secondary N) is 1. The Morgan fingerprint density at radius 2 is 1.91 bits per heavy atom. The summed E-state index contributed by atoms with van der Waals surface area (Å²) in [7, 11) is 0. The molecule has 2 amide bonds. The quantitative estimate of drug-likeness (QED) is 0.476. The van der Waals surface area contributed by atoms with Gasteiger partial charge in [-0.2, -0.15) is 0 Å². The Bertz CT molecular complexity index is 1230. The molecule has 10 heteroatoms. The number of aryl methyl sites for hydroxylation is 1. The fourth-order valence-electron chi connectivity index (χ4n) is 3.33. The highest BCUT2D eigenvalue weighted by atomic mass is 19.1. The molecule has 0 aliphatic carbocycles. The molecular weight excluding hydrogens is 455 g/mol. The minimum atomic E-state index is -1.67. The first-order valence-electron chi connectivity index (χ1n) is 11.0. The zero-order valence-electron chi connectivity index (χ0n) is 19.3. The maximum absolute atomic E-state index is 14.7. The third-order valence-electron chi connectivity index (χ3n) is 5.39. The predicted octanol–water partition coefficient (Wildman–Crippen LogP) is 3.19. The number of likely N-dealkylation sites (tertiary alicyclic amines) is 1. The number of aliphatic hydroxyl groups excluding tert-OH is 1. The van der Waals surface area contributed by atoms with Gasteiger partial charge in [-0.1, -0.05) is 6.07 Å². The Kier molecular flexibility index (Phi) is 6.92. The van der Waals surface area contributed by atoms with Crippen molar-refractivity contribution in [2.45, 2.75) is 26.1 Å². The molecule has 4 rings (SSSR count). The fourth-order valence-corrected chi connectivity index (χ4v) is 3.33. The van der Waals surface area contributed by atoms with Gasteiger partial charge in [0.1, 0.15) is 12.4 Å². The summed E-state index contributed by atoms with van der Waals surface area (Å²) >= 11 is 0. The molecule has 1 atom stereocenters. The number of aromatic nitrogens is 2. The highest BCUT2D eigenvalue weighted by Gasteiger charge is 2.30. The summed E-state index contributed by atoms with van der Waals surface area (Å²) < 4.78 is 26.1. The second-order valence-electron chi connectivity index (χ2n) is 8.31. The first-order valence-corrected chi connectivity index (χ1v) is 11.0. The van der Waals surface area contributed by atoms with Crippen LogP contribution in [0, 0.1) is 12.7 Å². The molecule has 2 aromatic carbocycles. The molecule has 0 saturated carbocycles. The average Bonchev–Trinajstić information content (AvgIpc) is 2.81. The monoisotopic (exact) mass is 480 g/mol. The van der Waals surface area contributed by atoms with Gasteiger partial charge >= 0.3 is 0 Å². The molecule has 0 spiro atoms. The summed E-state index contributed by atoms with van der Waals surface area (Å²) in [5.74, 6) is -2.78. The normalized spacial score (nSPS) is 14.5. The van der Waals surface area contributed by atoms with Gasteiger partial charge in [0.15, 0.2) is 17.4 Å². The van der Waals surface area contributed by atoms with E-state index in [4.69, 9.17) is 9.47 Å². The van der Waals surface area contributed by atoms with Gasteiger partial charge in [0, 0.05) is 31.1 Å². The van der Waals surface area contributed by atoms with Gasteiger partial charge in [-0.3, -0.25) is 14.6 Å². The van der Waals surface area contributed by atoms with E-state index in [1.54, 1.807) is 30.0 Å². The molecule has 1 aliphatic heterocycles. The summed E-state index contributed by atoms with van der Waals surface area (Å²) in [5.41, 5.74) is 1.21. The number of hydrogen-bond donors (Lipinski definition) is 2. The van der Waals surface area contributed by atoms with Crippen molar-refractivity contribution in [3.8, 4) is 11.5 Å². The Morgan fingerprint density at radius 1 is 1.11 bits per heavy atom. The van der Waals surface area contributed by atoms with Crippen LogP contribution in [-0.4, -0.2) is 57.3 Å². The number of amides is 2. The van der Waals surface area contributed by atoms with Gasteiger partial charge in [-0.15, -0.1) is 0 Å². The number of hydrogen-bond acceptors (Lipinski definition) is 7. The van der Waals surface area contributed by atoms with E-state index in [0.29, 0.717) is 18.9 Å². The summed E-state index contributed by atoms with van der Waals surface area (Å²) in [6.07, 6.45) is 3.91. The number of benzene rings is 2. The highest BCUT2D eigenvalue weighted by molar-refractivity contribution is 6.03. The smallest absolute Gasteiger partial charge is 0.271 e. The number of nitrogens with zero attached hydrogens (tertiary/aromatic N) is 3. The van der Waals surface area contributed by atoms with Crippen LogP contribution in [0.5, 0.6) is 11.5 Å². The molecule has 1 fully saturated rings. The fraction of sp³-hybridized carbons (Fsp3) is 0.280. The van der Waals surface area contributed by atoms with Crippen molar-refractivity contribution in [1.29, 1.82) is 0 Å². The van der Waals surface area contributed by atoms with Crippen LogP contribution in [0.3, 0.4) is 0 Å². The number of carbonyl (C=O) groups is 2. The number of carbonyl (C=O) groups excluding carboxylic acids is 2. The Hall–Kier alpha value is -4.05. The van der Waals surface area contributed by atoms with Crippen molar-refractivity contribution in [1.82, 2.24) is 14.9 Å². The molecule has 1 aliphatic rings. The average molecular weight is 480 g/mol. The molecule has 0 bridgehead atoms. The molecule has 1 aromatic heterocycles. The SMILES string of the molecule is Cc1cnc(NC(=O)c2cccc(O[C@](C)(CO)Oc3ccc(C(=O)N4CCC4)cc3F)c2)cn1. The molecule has 2 heterocycles. The van der Waals surface area contributed by atoms with E-state index >= 15 is 0 Å². The van der Waals surface area contributed by atoms with E-state index in [2.05, 4.69) is 15.3 Å². The number of rotatable bonds is 8. The van der Waals surface area contributed by atoms with Gasteiger partial charge in [-0.25, -0.2) is 9.37 Å². The number of halogens is 1. The standard InChI is InChI=1S/C25H25FN4O5/c1-16-13-28-22(14-27-16)29-23(32)17-5-3-6-19(11-17)34-25(2,15-31)35-21-8-7-18(12-20(21)26)24(33)30-9-4-10-30/h3,5-8,11-14,31H,4,9-10,15H2,1-2H3,(H,28,29,32)/t25-/m0/s1. The van der Waals surface area contributed by atoms with Crippen LogP contribution < -0.4 is 14.8 Å². The van der Waals surface area contributed by atoms with Crippen molar-refractivity contribution in [2.24, 2.45) is 0 Å². The third kappa shape index (κ3) is 5.72. The van der Waals surface area contributed by atoms with E-state index in [0.717, 1.165) is 18.2 Å². The van der Waals surface area contributed by atoms with Crippen LogP contribution in [0.4, 0.5) is 10.2 Å². The second kappa shape index (κ2) is 10.1. The van der Waals surface area contributed by atoms with Gasteiger partial charge in [0.2, 0.25) is 0 Å². The van der Waals surface area contributed by atoms with Crippen LogP contribution in [-0.2, 0) is 0 Å². The van der Waals surface area contributed by atoms with Gasteiger partial charge in [0.05, 0.1) is 18.1 Å². The Balaban J connectivity index is 1.45. The molecule has 35 heavy (non-hydrogen) atoms. The number of ether oxygens (including phenoxy) is 2. The van der Waals surface area contributed by atoms with Crippen molar-refractivity contribution in [3.05, 3.63) is 77.5 Å². The molecule has 0 radical (unpaired) electrons. The molecule has 0 unspecified atom stereocenters. The van der Waals surface area contributed by atoms with Crippen LogP contribution in [0.25, 0.3) is 0 Å². The minimum absolute atomic E-state index is 0.187. The molecule has 3 aromatic rings. The number of aliphatic hydroxyl groups is 1. The molecule has 182 valence electrons. The highest BCUT2D eigenvalue weighted by Crippen LogP contribution is 2.27. The lowest BCUT2D eigenvalue weighted by molar-refractivity contribution is -0.131. The summed E-state index contributed by atoms with van der Waals surface area (Å²) in [4.78, 5) is 34.7. The molecule has 9 nitrogen and oxygen atoms in total. The predicted molar refractivity (Wildman–Crippen MR) is 125 cm³/mol. The third-order valence-corrected chi connectivity index (χ3v) is 5.39. The first-order chi connectivity index (χ1) is 16.8. The molecule has 2 N–H and O–H groups in total. The molecular formula is C25H25FN4O5. The first kappa shape index (κ1) is 24.1. The maximum Gasteiger partial charge on any atom is 0.271 e. The lowest BCUT2D eigenvalue weighted by Crippen LogP contribution is -2.43. The lowest BCUT2D eigenvalue weighted by Gasteiger charge is -2.31. The van der Waals surface area contributed by atoms with Crippen molar-refractivity contribution < 1.29 is 28.6 Å². The zero-order valence-corrected chi connectivity index (χ0v) is 19.3. The largest absolute Gasteiger partial charge is 0.450 e. The van der Waals surface area contributed by atoms with Gasteiger partial charge in [0.25, 0.3) is 17.6 Å². The van der Waals surface area contributed by atoms with E-state index in [1.807, 2.05) is 0 Å². The van der Waals surface area contributed by atoms with Crippen molar-refractivity contribution in [2.75, 3.05) is 25.0 Å². The van der Waals surface area contributed by atoms with Crippen LogP contribution in [0.1, 0.15) is 39.8 Å². The zero-order chi connectivity index (χ0) is 25.0. The van der Waals surface area contributed by atoms with Crippen molar-refractivity contribution >= 4 is 17.6 Å². The van der Waals surface area contributed by atoms with Crippen LogP contribution in [0.2, 0.25) is 0 Å². The van der Waals surface area contributed by atoms with Gasteiger partial charge in [-0.05, 0) is 49.7 Å². The van der Waals surface area contributed by atoms with E-state index in [-0.39, 0.29) is 28.5 Å². The molecule has 1 saturated heterocycles. The summed E-state index contributed by atoms with van der Waals surface area (Å²) in [5, 5.41) is 12.6. The van der Waals surface area contributed by atoms with Crippen LogP contribution in [0.15, 0.2) is 54.9 Å². The Labute approximate surface area is 201 Å². The lowest BCUT2D eigenvalue weighted by atomic mass is 10.1. The van der Waals surface area contributed by atoms with Crippen LogP contribution >= 0.6 is 0 Å². The maximum atomic E-state index is 14.7. The Morgan fingerprint density at radius 3 is 2.54 bits per heavy atom. The van der Waals surface area contributed by atoms with E-state index in [1.165, 1.54) is 37.5 Å². The second-order valence-corrected chi connectivity index (χ2v) is 8.31. The summed E-state index contributed by atoms with van der Waals surface area (Å²) in [6, 6.07) is 10.1.